The first-order valence-corrected chi connectivity index (χ1v) is 6.70. The summed E-state index contributed by atoms with van der Waals surface area (Å²) in [5, 5.41) is 16.5. The normalized spacial score (nSPS) is 9.90. The lowest BCUT2D eigenvalue weighted by Gasteiger charge is -2.09. The molecule has 0 aromatic heterocycles. The number of unbranched alkanes of at least 4 members (excludes halogenated alkanes) is 1. The van der Waals surface area contributed by atoms with E-state index in [1.165, 1.54) is 12.1 Å². The van der Waals surface area contributed by atoms with Crippen LogP contribution in [0.2, 0.25) is 0 Å². The molecular weight excluding hydrogens is 278 g/mol. The summed E-state index contributed by atoms with van der Waals surface area (Å²) in [7, 11) is 0. The minimum Gasteiger partial charge on any atom is -0.362 e. The van der Waals surface area contributed by atoms with Crippen LogP contribution in [0.3, 0.4) is 0 Å². The summed E-state index contributed by atoms with van der Waals surface area (Å²) in [6.45, 7) is 4.36. The zero-order valence-corrected chi connectivity index (χ0v) is 12.3. The molecule has 0 bridgehead atoms. The molecule has 0 radical (unpaired) electrons. The second kappa shape index (κ2) is 7.54. The highest BCUT2D eigenvalue weighted by Crippen LogP contribution is 2.19. The quantitative estimate of drug-likeness (QED) is 0.377. The highest BCUT2D eigenvalue weighted by molar-refractivity contribution is 7.80. The Morgan fingerprint density at radius 1 is 1.45 bits per heavy atom. The van der Waals surface area contributed by atoms with Gasteiger partial charge in [-0.05, 0) is 31.6 Å². The number of hydrogen-bond donors (Lipinski definition) is 2. The molecule has 0 unspecified atom stereocenters. The van der Waals surface area contributed by atoms with E-state index in [2.05, 4.69) is 17.6 Å². The average Bonchev–Trinajstić information content (AvgIpc) is 2.39. The van der Waals surface area contributed by atoms with Crippen molar-refractivity contribution in [3.63, 3.8) is 0 Å². The second-order valence-corrected chi connectivity index (χ2v) is 4.73. The lowest BCUT2D eigenvalue weighted by atomic mass is 10.1. The number of benzene rings is 1. The molecule has 0 heterocycles. The molecular formula is C13H17N3O3S. The minimum absolute atomic E-state index is 0.0810. The van der Waals surface area contributed by atoms with Crippen molar-refractivity contribution < 1.29 is 9.72 Å². The van der Waals surface area contributed by atoms with Crippen molar-refractivity contribution in [1.29, 1.82) is 0 Å². The van der Waals surface area contributed by atoms with Crippen LogP contribution in [0.15, 0.2) is 18.2 Å². The maximum atomic E-state index is 11.9. The second-order valence-electron chi connectivity index (χ2n) is 4.32. The van der Waals surface area contributed by atoms with Crippen molar-refractivity contribution in [3.8, 4) is 0 Å². The number of thiocarbonyl (C=S) groups is 1. The Labute approximate surface area is 122 Å². The molecule has 1 rings (SSSR count). The lowest BCUT2D eigenvalue weighted by Crippen LogP contribution is -2.39. The Hall–Kier alpha value is -2.02. The molecule has 108 valence electrons. The molecule has 7 heteroatoms. The molecule has 0 spiro atoms. The lowest BCUT2D eigenvalue weighted by molar-refractivity contribution is -0.385. The summed E-state index contributed by atoms with van der Waals surface area (Å²) in [6, 6.07) is 4.33. The molecule has 1 aromatic rings. The molecule has 2 N–H and O–H groups in total. The SMILES string of the molecule is CCCCNC(=S)NC(=O)c1ccc(C)c([N+](=O)[O-])c1. The smallest absolute Gasteiger partial charge is 0.273 e. The molecule has 6 nitrogen and oxygen atoms in total. The van der Waals surface area contributed by atoms with E-state index in [0.717, 1.165) is 12.8 Å². The third kappa shape index (κ3) is 4.58. The zero-order chi connectivity index (χ0) is 15.1. The maximum absolute atomic E-state index is 11.9. The monoisotopic (exact) mass is 295 g/mol. The standard InChI is InChI=1S/C13H17N3O3S/c1-3-4-7-14-13(20)15-12(17)10-6-5-9(2)11(8-10)16(18)19/h5-6,8H,3-4,7H2,1-2H3,(H2,14,15,17,20). The molecule has 0 atom stereocenters. The van der Waals surface area contributed by atoms with E-state index in [0.29, 0.717) is 12.1 Å². The first-order chi connectivity index (χ1) is 9.45. The van der Waals surface area contributed by atoms with Gasteiger partial charge in [-0.15, -0.1) is 0 Å². The Morgan fingerprint density at radius 3 is 2.75 bits per heavy atom. The van der Waals surface area contributed by atoms with Crippen LogP contribution in [0, 0.1) is 17.0 Å². The number of amides is 1. The van der Waals surface area contributed by atoms with Crippen LogP contribution in [-0.4, -0.2) is 22.5 Å². The summed E-state index contributed by atoms with van der Waals surface area (Å²) < 4.78 is 0. The number of rotatable bonds is 5. The Balaban J connectivity index is 2.70. The van der Waals surface area contributed by atoms with E-state index < -0.39 is 10.8 Å². The van der Waals surface area contributed by atoms with Crippen molar-refractivity contribution >= 4 is 28.9 Å². The largest absolute Gasteiger partial charge is 0.362 e. The number of hydrogen-bond acceptors (Lipinski definition) is 4. The van der Waals surface area contributed by atoms with E-state index in [4.69, 9.17) is 12.2 Å². The zero-order valence-electron chi connectivity index (χ0n) is 11.4. The molecule has 1 aromatic carbocycles. The fourth-order valence-corrected chi connectivity index (χ4v) is 1.74. The number of carbonyl (C=O) groups is 1. The van der Waals surface area contributed by atoms with Crippen molar-refractivity contribution in [2.75, 3.05) is 6.54 Å². The summed E-state index contributed by atoms with van der Waals surface area (Å²) in [4.78, 5) is 22.2. The number of nitrogens with zero attached hydrogens (tertiary/aromatic N) is 1. The summed E-state index contributed by atoms with van der Waals surface area (Å²) in [5.41, 5.74) is 0.639. The van der Waals surface area contributed by atoms with Crippen molar-refractivity contribution in [1.82, 2.24) is 10.6 Å². The van der Waals surface area contributed by atoms with E-state index in [1.807, 2.05) is 0 Å². The van der Waals surface area contributed by atoms with Crippen LogP contribution in [0.1, 0.15) is 35.7 Å². The van der Waals surface area contributed by atoms with Crippen LogP contribution in [0.25, 0.3) is 0 Å². The third-order valence-corrected chi connectivity index (χ3v) is 2.96. The van der Waals surface area contributed by atoms with Crippen LogP contribution >= 0.6 is 12.2 Å². The summed E-state index contributed by atoms with van der Waals surface area (Å²) in [6.07, 6.45) is 1.97. The minimum atomic E-state index is -0.510. The first-order valence-electron chi connectivity index (χ1n) is 6.30. The van der Waals surface area contributed by atoms with Crippen molar-refractivity contribution in [2.45, 2.75) is 26.7 Å². The summed E-state index contributed by atoms with van der Waals surface area (Å²) in [5.74, 6) is -0.456. The highest BCUT2D eigenvalue weighted by Gasteiger charge is 2.15. The van der Waals surface area contributed by atoms with Crippen LogP contribution < -0.4 is 10.6 Å². The first kappa shape index (κ1) is 16.0. The fraction of sp³-hybridized carbons (Fsp3) is 0.385. The molecule has 20 heavy (non-hydrogen) atoms. The van der Waals surface area contributed by atoms with Gasteiger partial charge in [0.15, 0.2) is 5.11 Å². The number of nitrogens with one attached hydrogen (secondary N) is 2. The fourth-order valence-electron chi connectivity index (χ4n) is 1.55. The van der Waals surface area contributed by atoms with Gasteiger partial charge in [-0.3, -0.25) is 20.2 Å². The highest BCUT2D eigenvalue weighted by atomic mass is 32.1. The molecule has 0 saturated carbocycles. The van der Waals surface area contributed by atoms with Gasteiger partial charge in [-0.25, -0.2) is 0 Å². The molecule has 0 saturated heterocycles. The number of aryl methyl sites for hydroxylation is 1. The van der Waals surface area contributed by atoms with Gasteiger partial charge in [0.05, 0.1) is 4.92 Å². The van der Waals surface area contributed by atoms with E-state index in [9.17, 15) is 14.9 Å². The molecule has 0 aliphatic heterocycles. The van der Waals surface area contributed by atoms with Gasteiger partial charge in [-0.2, -0.15) is 0 Å². The van der Waals surface area contributed by atoms with Crippen LogP contribution in [-0.2, 0) is 0 Å². The summed E-state index contributed by atoms with van der Waals surface area (Å²) >= 11 is 4.98. The van der Waals surface area contributed by atoms with Gasteiger partial charge in [0, 0.05) is 23.7 Å². The van der Waals surface area contributed by atoms with Crippen molar-refractivity contribution in [2.24, 2.45) is 0 Å². The Morgan fingerprint density at radius 2 is 2.15 bits per heavy atom. The number of nitro groups is 1. The van der Waals surface area contributed by atoms with Gasteiger partial charge >= 0.3 is 0 Å². The molecule has 0 fully saturated rings. The number of carbonyl (C=O) groups excluding carboxylic acids is 1. The number of nitro benzene ring substituents is 1. The van der Waals surface area contributed by atoms with Crippen LogP contribution in [0.4, 0.5) is 5.69 Å². The molecule has 1 amide bonds. The molecule has 0 aliphatic rings. The van der Waals surface area contributed by atoms with E-state index in [-0.39, 0.29) is 16.4 Å². The Bertz CT molecular complexity index is 532. The third-order valence-electron chi connectivity index (χ3n) is 2.71. The molecule has 0 aliphatic carbocycles. The van der Waals surface area contributed by atoms with E-state index in [1.54, 1.807) is 13.0 Å². The van der Waals surface area contributed by atoms with Gasteiger partial charge in [-0.1, -0.05) is 19.4 Å². The van der Waals surface area contributed by atoms with Gasteiger partial charge in [0.1, 0.15) is 0 Å². The topological polar surface area (TPSA) is 84.3 Å². The van der Waals surface area contributed by atoms with Crippen molar-refractivity contribution in [3.05, 3.63) is 39.4 Å². The van der Waals surface area contributed by atoms with Gasteiger partial charge in [0.25, 0.3) is 11.6 Å². The van der Waals surface area contributed by atoms with E-state index >= 15 is 0 Å². The predicted molar refractivity (Wildman–Crippen MR) is 80.8 cm³/mol. The maximum Gasteiger partial charge on any atom is 0.273 e. The Kier molecular flexibility index (Phi) is 6.05. The average molecular weight is 295 g/mol. The van der Waals surface area contributed by atoms with Gasteiger partial charge in [0.2, 0.25) is 0 Å². The van der Waals surface area contributed by atoms with Gasteiger partial charge < -0.3 is 5.32 Å². The predicted octanol–water partition coefficient (Wildman–Crippen LogP) is 2.31. The van der Waals surface area contributed by atoms with Crippen LogP contribution in [0.5, 0.6) is 0 Å².